The van der Waals surface area contributed by atoms with Gasteiger partial charge in [0, 0.05) is 12.2 Å². The first kappa shape index (κ1) is 9.83. The Hall–Kier alpha value is -1.71. The van der Waals surface area contributed by atoms with Gasteiger partial charge in [0.05, 0.1) is 12.1 Å². The van der Waals surface area contributed by atoms with Crippen LogP contribution in [0.5, 0.6) is 5.75 Å². The van der Waals surface area contributed by atoms with Crippen LogP contribution in [-0.2, 0) is 0 Å². The summed E-state index contributed by atoms with van der Waals surface area (Å²) < 4.78 is 5.49. The van der Waals surface area contributed by atoms with Crippen molar-refractivity contribution >= 4 is 11.6 Å². The number of rotatable bonds is 1. The number of nitrogens with two attached hydrogens (primary N) is 1. The third-order valence-electron chi connectivity index (χ3n) is 2.52. The fourth-order valence-corrected chi connectivity index (χ4v) is 1.68. The number of hydrogen-bond acceptors (Lipinski definition) is 3. The number of carbonyl (C=O) groups excluding carboxylic acids is 1. The molecule has 0 saturated carbocycles. The van der Waals surface area contributed by atoms with Crippen LogP contribution < -0.4 is 10.5 Å². The van der Waals surface area contributed by atoms with Crippen LogP contribution in [0.15, 0.2) is 18.2 Å². The molecule has 0 fully saturated rings. The van der Waals surface area contributed by atoms with E-state index < -0.39 is 0 Å². The van der Waals surface area contributed by atoms with E-state index in [1.807, 2.05) is 6.92 Å². The summed E-state index contributed by atoms with van der Waals surface area (Å²) in [6, 6.07) is 5.17. The van der Waals surface area contributed by atoms with E-state index in [-0.39, 0.29) is 5.91 Å². The highest BCUT2D eigenvalue weighted by Crippen LogP contribution is 2.24. The number of fused-ring (bicyclic) bond motifs is 1. The molecular formula is C11H14N2O2. The zero-order chi connectivity index (χ0) is 10.8. The number of anilines is 1. The maximum Gasteiger partial charge on any atom is 0.257 e. The second-order valence-electron chi connectivity index (χ2n) is 3.49. The minimum absolute atomic E-state index is 0.00250. The van der Waals surface area contributed by atoms with Crippen LogP contribution in [0.2, 0.25) is 0 Å². The van der Waals surface area contributed by atoms with Crippen molar-refractivity contribution in [1.29, 1.82) is 0 Å². The Kier molecular flexibility index (Phi) is 2.49. The number of ether oxygens (including phenoxy) is 1. The minimum Gasteiger partial charge on any atom is -0.491 e. The molecule has 2 rings (SSSR count). The number of hydrogen-bond donors (Lipinski definition) is 1. The number of likely N-dealkylation sites (N-methyl/N-ethyl adjacent to an activating group) is 1. The molecule has 0 aliphatic carbocycles. The lowest BCUT2D eigenvalue weighted by Gasteiger charge is -2.16. The van der Waals surface area contributed by atoms with Gasteiger partial charge < -0.3 is 15.4 Å². The van der Waals surface area contributed by atoms with E-state index >= 15 is 0 Å². The molecule has 1 aromatic carbocycles. The van der Waals surface area contributed by atoms with Crippen molar-refractivity contribution in [1.82, 2.24) is 4.90 Å². The van der Waals surface area contributed by atoms with Crippen LogP contribution in [-0.4, -0.2) is 30.5 Å². The summed E-state index contributed by atoms with van der Waals surface area (Å²) in [5.74, 6) is 0.627. The van der Waals surface area contributed by atoms with Gasteiger partial charge in [0.25, 0.3) is 5.91 Å². The Labute approximate surface area is 88.6 Å². The van der Waals surface area contributed by atoms with Gasteiger partial charge in [0.15, 0.2) is 0 Å². The van der Waals surface area contributed by atoms with E-state index in [4.69, 9.17) is 10.5 Å². The highest BCUT2D eigenvalue weighted by atomic mass is 16.5. The number of carbonyl (C=O) groups is 1. The smallest absolute Gasteiger partial charge is 0.257 e. The lowest BCUT2D eigenvalue weighted by atomic mass is 10.1. The number of nitrogen functional groups attached to an aromatic ring is 1. The average molecular weight is 206 g/mol. The van der Waals surface area contributed by atoms with E-state index in [0.29, 0.717) is 36.7 Å². The highest BCUT2D eigenvalue weighted by Gasteiger charge is 2.22. The molecule has 2 N–H and O–H groups in total. The topological polar surface area (TPSA) is 55.6 Å². The van der Waals surface area contributed by atoms with E-state index in [1.54, 1.807) is 23.1 Å². The summed E-state index contributed by atoms with van der Waals surface area (Å²) >= 11 is 0. The van der Waals surface area contributed by atoms with Gasteiger partial charge in [-0.25, -0.2) is 0 Å². The summed E-state index contributed by atoms with van der Waals surface area (Å²) in [6.45, 7) is 3.81. The van der Waals surface area contributed by atoms with Gasteiger partial charge in [-0.15, -0.1) is 0 Å². The molecule has 0 saturated heterocycles. The van der Waals surface area contributed by atoms with E-state index in [1.165, 1.54) is 0 Å². The molecule has 4 heteroatoms. The maximum atomic E-state index is 12.0. The molecule has 0 bridgehead atoms. The molecule has 0 radical (unpaired) electrons. The first-order chi connectivity index (χ1) is 7.22. The van der Waals surface area contributed by atoms with Crippen molar-refractivity contribution in [3.8, 4) is 5.75 Å². The molecular weight excluding hydrogens is 192 g/mol. The Bertz CT molecular complexity index is 390. The Morgan fingerprint density at radius 2 is 2.33 bits per heavy atom. The van der Waals surface area contributed by atoms with Crippen LogP contribution in [0.3, 0.4) is 0 Å². The maximum absolute atomic E-state index is 12.0. The number of amides is 1. The van der Waals surface area contributed by atoms with Crippen LogP contribution in [0.25, 0.3) is 0 Å². The quantitative estimate of drug-likeness (QED) is 0.700. The van der Waals surface area contributed by atoms with Gasteiger partial charge in [-0.3, -0.25) is 4.79 Å². The Balaban J connectivity index is 2.44. The molecule has 1 aliphatic rings. The first-order valence-corrected chi connectivity index (χ1v) is 5.04. The molecule has 4 nitrogen and oxygen atoms in total. The molecule has 0 aromatic heterocycles. The van der Waals surface area contributed by atoms with Crippen LogP contribution >= 0.6 is 0 Å². The standard InChI is InChI=1S/C11H14N2O2/c1-2-13-5-6-15-10-4-3-8(12)7-9(10)11(13)14/h3-4,7H,2,5-6,12H2,1H3. The zero-order valence-electron chi connectivity index (χ0n) is 8.69. The molecule has 0 atom stereocenters. The lowest BCUT2D eigenvalue weighted by molar-refractivity contribution is 0.0765. The summed E-state index contributed by atoms with van der Waals surface area (Å²) in [5, 5.41) is 0. The Morgan fingerprint density at radius 1 is 1.53 bits per heavy atom. The number of nitrogens with zero attached hydrogens (tertiary/aromatic N) is 1. The third kappa shape index (κ3) is 1.75. The van der Waals surface area contributed by atoms with Crippen LogP contribution in [0, 0.1) is 0 Å². The molecule has 1 heterocycles. The molecule has 0 spiro atoms. The van der Waals surface area contributed by atoms with Gasteiger partial charge in [-0.2, -0.15) is 0 Å². The zero-order valence-corrected chi connectivity index (χ0v) is 8.69. The van der Waals surface area contributed by atoms with E-state index in [2.05, 4.69) is 0 Å². The normalized spacial score (nSPS) is 15.5. The van der Waals surface area contributed by atoms with E-state index in [9.17, 15) is 4.79 Å². The minimum atomic E-state index is -0.00250. The predicted octanol–water partition coefficient (Wildman–Crippen LogP) is 1.12. The predicted molar refractivity (Wildman–Crippen MR) is 57.9 cm³/mol. The fourth-order valence-electron chi connectivity index (χ4n) is 1.68. The fraction of sp³-hybridized carbons (Fsp3) is 0.364. The van der Waals surface area contributed by atoms with Crippen molar-refractivity contribution in [2.45, 2.75) is 6.92 Å². The summed E-state index contributed by atoms with van der Waals surface area (Å²) in [5.41, 5.74) is 6.81. The molecule has 1 aromatic rings. The highest BCUT2D eigenvalue weighted by molar-refractivity contribution is 5.98. The van der Waals surface area contributed by atoms with Crippen LogP contribution in [0.1, 0.15) is 17.3 Å². The van der Waals surface area contributed by atoms with Crippen LogP contribution in [0.4, 0.5) is 5.69 Å². The van der Waals surface area contributed by atoms with Gasteiger partial charge in [-0.05, 0) is 25.1 Å². The molecule has 1 amide bonds. The second kappa shape index (κ2) is 3.81. The Morgan fingerprint density at radius 3 is 3.07 bits per heavy atom. The molecule has 80 valence electrons. The third-order valence-corrected chi connectivity index (χ3v) is 2.52. The number of benzene rings is 1. The van der Waals surface area contributed by atoms with Crippen molar-refractivity contribution in [3.05, 3.63) is 23.8 Å². The van der Waals surface area contributed by atoms with E-state index in [0.717, 1.165) is 0 Å². The van der Waals surface area contributed by atoms with Crippen molar-refractivity contribution in [2.24, 2.45) is 0 Å². The second-order valence-corrected chi connectivity index (χ2v) is 3.49. The van der Waals surface area contributed by atoms with Gasteiger partial charge in [0.1, 0.15) is 12.4 Å². The average Bonchev–Trinajstić information content (AvgIpc) is 2.39. The molecule has 1 aliphatic heterocycles. The summed E-state index contributed by atoms with van der Waals surface area (Å²) in [6.07, 6.45) is 0. The summed E-state index contributed by atoms with van der Waals surface area (Å²) in [4.78, 5) is 13.8. The lowest BCUT2D eigenvalue weighted by Crippen LogP contribution is -2.32. The first-order valence-electron chi connectivity index (χ1n) is 5.04. The van der Waals surface area contributed by atoms with Crippen molar-refractivity contribution in [2.75, 3.05) is 25.4 Å². The van der Waals surface area contributed by atoms with Gasteiger partial charge >= 0.3 is 0 Å². The monoisotopic (exact) mass is 206 g/mol. The SMILES string of the molecule is CCN1CCOc2ccc(N)cc2C1=O. The van der Waals surface area contributed by atoms with Gasteiger partial charge in [-0.1, -0.05) is 0 Å². The van der Waals surface area contributed by atoms with Crippen molar-refractivity contribution in [3.63, 3.8) is 0 Å². The van der Waals surface area contributed by atoms with Gasteiger partial charge in [0.2, 0.25) is 0 Å². The molecule has 0 unspecified atom stereocenters. The molecule has 15 heavy (non-hydrogen) atoms. The largest absolute Gasteiger partial charge is 0.491 e. The van der Waals surface area contributed by atoms with Crippen molar-refractivity contribution < 1.29 is 9.53 Å². The summed E-state index contributed by atoms with van der Waals surface area (Å²) in [7, 11) is 0.